The Kier molecular flexibility index (Phi) is 8.51. The molecule has 0 radical (unpaired) electrons. The quantitative estimate of drug-likeness (QED) is 0.682. The summed E-state index contributed by atoms with van der Waals surface area (Å²) in [6.45, 7) is 11.2. The molecule has 0 heterocycles. The first-order valence-corrected chi connectivity index (χ1v) is 7.65. The van der Waals surface area contributed by atoms with Gasteiger partial charge in [-0.15, -0.1) is 0 Å². The van der Waals surface area contributed by atoms with Crippen LogP contribution in [-0.2, 0) is 9.59 Å². The molecule has 2 N–H and O–H groups in total. The van der Waals surface area contributed by atoms with Crippen LogP contribution in [0.4, 0.5) is 0 Å². The van der Waals surface area contributed by atoms with Gasteiger partial charge in [0.05, 0.1) is 0 Å². The van der Waals surface area contributed by atoms with Gasteiger partial charge in [0, 0.05) is 19.4 Å². The second-order valence-electron chi connectivity index (χ2n) is 6.85. The average molecular weight is 285 g/mol. The Morgan fingerprint density at radius 1 is 1.20 bits per heavy atom. The number of hydrogen-bond donors (Lipinski definition) is 2. The molecule has 0 aromatic heterocycles. The summed E-state index contributed by atoms with van der Waals surface area (Å²) in [4.78, 5) is 22.4. The maximum Gasteiger partial charge on any atom is 0.303 e. The van der Waals surface area contributed by atoms with Crippen LogP contribution < -0.4 is 5.32 Å². The van der Waals surface area contributed by atoms with Gasteiger partial charge in [0.1, 0.15) is 0 Å². The predicted molar refractivity (Wildman–Crippen MR) is 81.5 cm³/mol. The van der Waals surface area contributed by atoms with Crippen molar-refractivity contribution in [2.45, 2.75) is 66.7 Å². The molecule has 0 aliphatic rings. The Hall–Kier alpha value is -1.06. The van der Waals surface area contributed by atoms with Crippen molar-refractivity contribution in [3.05, 3.63) is 0 Å². The van der Waals surface area contributed by atoms with E-state index in [1.54, 1.807) is 0 Å². The molecule has 0 aromatic rings. The van der Waals surface area contributed by atoms with Crippen molar-refractivity contribution in [1.82, 2.24) is 5.32 Å². The van der Waals surface area contributed by atoms with Crippen molar-refractivity contribution in [2.75, 3.05) is 6.54 Å². The summed E-state index contributed by atoms with van der Waals surface area (Å²) in [5.74, 6) is 0.0771. The zero-order valence-electron chi connectivity index (χ0n) is 13.7. The van der Waals surface area contributed by atoms with E-state index < -0.39 is 5.97 Å². The minimum Gasteiger partial charge on any atom is -0.481 e. The lowest BCUT2D eigenvalue weighted by molar-refractivity contribution is -0.137. The Morgan fingerprint density at radius 2 is 1.80 bits per heavy atom. The molecule has 0 aliphatic heterocycles. The number of hydrogen-bond acceptors (Lipinski definition) is 2. The van der Waals surface area contributed by atoms with Crippen LogP contribution in [0.5, 0.6) is 0 Å². The smallest absolute Gasteiger partial charge is 0.303 e. The summed E-state index contributed by atoms with van der Waals surface area (Å²) in [6.07, 6.45) is 3.29. The average Bonchev–Trinajstić information content (AvgIpc) is 2.31. The highest BCUT2D eigenvalue weighted by Crippen LogP contribution is 2.32. The number of rotatable bonds is 9. The molecule has 0 saturated heterocycles. The lowest BCUT2D eigenvalue weighted by Crippen LogP contribution is -2.30. The first-order valence-electron chi connectivity index (χ1n) is 7.65. The number of aliphatic carboxylic acids is 1. The van der Waals surface area contributed by atoms with E-state index in [-0.39, 0.29) is 17.7 Å². The number of nitrogens with one attached hydrogen (secondary N) is 1. The number of amides is 1. The van der Waals surface area contributed by atoms with Crippen LogP contribution in [0.1, 0.15) is 66.7 Å². The van der Waals surface area contributed by atoms with E-state index in [4.69, 9.17) is 5.11 Å². The SMILES string of the molecule is CCC(C)CC(=O)NCCC(CCC(=O)O)C(C)(C)C. The highest BCUT2D eigenvalue weighted by atomic mass is 16.4. The minimum absolute atomic E-state index is 0.0664. The van der Waals surface area contributed by atoms with Crippen LogP contribution in [-0.4, -0.2) is 23.5 Å². The van der Waals surface area contributed by atoms with Crippen molar-refractivity contribution in [3.63, 3.8) is 0 Å². The van der Waals surface area contributed by atoms with Gasteiger partial charge in [-0.1, -0.05) is 41.0 Å². The van der Waals surface area contributed by atoms with Gasteiger partial charge in [-0.3, -0.25) is 9.59 Å². The Bertz CT molecular complexity index is 307. The lowest BCUT2D eigenvalue weighted by Gasteiger charge is -2.30. The summed E-state index contributed by atoms with van der Waals surface area (Å²) >= 11 is 0. The van der Waals surface area contributed by atoms with Gasteiger partial charge < -0.3 is 10.4 Å². The first kappa shape index (κ1) is 18.9. The minimum atomic E-state index is -0.750. The molecule has 0 bridgehead atoms. The molecule has 118 valence electrons. The summed E-state index contributed by atoms with van der Waals surface area (Å²) in [7, 11) is 0. The summed E-state index contributed by atoms with van der Waals surface area (Å²) in [5.41, 5.74) is 0.0664. The van der Waals surface area contributed by atoms with Crippen LogP contribution in [0.3, 0.4) is 0 Å². The fraction of sp³-hybridized carbons (Fsp3) is 0.875. The molecule has 0 fully saturated rings. The van der Waals surface area contributed by atoms with Gasteiger partial charge in [-0.05, 0) is 30.1 Å². The van der Waals surface area contributed by atoms with Crippen LogP contribution >= 0.6 is 0 Å². The van der Waals surface area contributed by atoms with E-state index in [0.717, 1.165) is 12.8 Å². The Morgan fingerprint density at radius 3 is 2.25 bits per heavy atom. The van der Waals surface area contributed by atoms with E-state index in [0.29, 0.717) is 31.2 Å². The zero-order valence-corrected chi connectivity index (χ0v) is 13.7. The number of carbonyl (C=O) groups is 2. The summed E-state index contributed by atoms with van der Waals surface area (Å²) in [5, 5.41) is 11.7. The Labute approximate surface area is 123 Å². The molecule has 0 spiro atoms. The molecule has 2 atom stereocenters. The molecule has 0 aliphatic carbocycles. The second-order valence-corrected chi connectivity index (χ2v) is 6.85. The monoisotopic (exact) mass is 285 g/mol. The standard InChI is InChI=1S/C16H31NO3/c1-6-12(2)11-14(18)17-10-9-13(16(3,4)5)7-8-15(19)20/h12-13H,6-11H2,1-5H3,(H,17,18)(H,19,20). The highest BCUT2D eigenvalue weighted by molar-refractivity contribution is 5.76. The summed E-state index contributed by atoms with van der Waals surface area (Å²) in [6, 6.07) is 0. The largest absolute Gasteiger partial charge is 0.481 e. The van der Waals surface area contributed by atoms with E-state index >= 15 is 0 Å². The molecule has 0 saturated carbocycles. The third-order valence-corrected chi connectivity index (χ3v) is 3.98. The van der Waals surface area contributed by atoms with Crippen LogP contribution in [0.2, 0.25) is 0 Å². The van der Waals surface area contributed by atoms with Gasteiger partial charge in [-0.25, -0.2) is 0 Å². The van der Waals surface area contributed by atoms with Crippen molar-refractivity contribution in [2.24, 2.45) is 17.3 Å². The molecule has 4 heteroatoms. The molecule has 4 nitrogen and oxygen atoms in total. The second kappa shape index (κ2) is 8.98. The van der Waals surface area contributed by atoms with Crippen molar-refractivity contribution in [3.8, 4) is 0 Å². The molecular weight excluding hydrogens is 254 g/mol. The molecule has 1 amide bonds. The van der Waals surface area contributed by atoms with Gasteiger partial charge in [-0.2, -0.15) is 0 Å². The van der Waals surface area contributed by atoms with Gasteiger partial charge in [0.25, 0.3) is 0 Å². The maximum absolute atomic E-state index is 11.7. The normalized spacial score (nSPS) is 14.7. The lowest BCUT2D eigenvalue weighted by atomic mass is 9.76. The van der Waals surface area contributed by atoms with Crippen LogP contribution in [0, 0.1) is 17.3 Å². The Balaban J connectivity index is 4.14. The van der Waals surface area contributed by atoms with E-state index in [2.05, 4.69) is 39.9 Å². The predicted octanol–water partition coefficient (Wildman–Crippen LogP) is 3.46. The molecular formula is C16H31NO3. The van der Waals surface area contributed by atoms with E-state index in [1.807, 2.05) is 0 Å². The third kappa shape index (κ3) is 8.94. The number of carboxylic acid groups (broad SMARTS) is 1. The molecule has 0 aromatic carbocycles. The van der Waals surface area contributed by atoms with Crippen molar-refractivity contribution in [1.29, 1.82) is 0 Å². The maximum atomic E-state index is 11.7. The van der Waals surface area contributed by atoms with Crippen LogP contribution in [0.15, 0.2) is 0 Å². The first-order chi connectivity index (χ1) is 9.16. The molecule has 0 rings (SSSR count). The van der Waals surface area contributed by atoms with Gasteiger partial charge >= 0.3 is 5.97 Å². The van der Waals surface area contributed by atoms with Crippen molar-refractivity contribution >= 4 is 11.9 Å². The molecule has 2 unspecified atom stereocenters. The highest BCUT2D eigenvalue weighted by Gasteiger charge is 2.24. The number of carbonyl (C=O) groups excluding carboxylic acids is 1. The van der Waals surface area contributed by atoms with Gasteiger partial charge in [0.2, 0.25) is 5.91 Å². The zero-order chi connectivity index (χ0) is 15.8. The molecule has 20 heavy (non-hydrogen) atoms. The van der Waals surface area contributed by atoms with Crippen LogP contribution in [0.25, 0.3) is 0 Å². The van der Waals surface area contributed by atoms with Gasteiger partial charge in [0.15, 0.2) is 0 Å². The van der Waals surface area contributed by atoms with E-state index in [1.165, 1.54) is 0 Å². The summed E-state index contributed by atoms with van der Waals surface area (Å²) < 4.78 is 0. The van der Waals surface area contributed by atoms with E-state index in [9.17, 15) is 9.59 Å². The van der Waals surface area contributed by atoms with Crippen molar-refractivity contribution < 1.29 is 14.7 Å². The fourth-order valence-electron chi connectivity index (χ4n) is 2.23. The fourth-order valence-corrected chi connectivity index (χ4v) is 2.23. The third-order valence-electron chi connectivity index (χ3n) is 3.98. The topological polar surface area (TPSA) is 66.4 Å². The number of carboxylic acids is 1.